The van der Waals surface area contributed by atoms with E-state index in [1.54, 1.807) is 6.07 Å². The van der Waals surface area contributed by atoms with Crippen LogP contribution in [0.15, 0.2) is 42.5 Å². The van der Waals surface area contributed by atoms with Gasteiger partial charge in [0, 0.05) is 12.1 Å². The van der Waals surface area contributed by atoms with Crippen molar-refractivity contribution in [2.75, 3.05) is 21.9 Å². The maximum atomic E-state index is 13.7. The average molecular weight is 366 g/mol. The molecule has 5 nitrogen and oxygen atoms in total. The molecule has 0 atom stereocenters. The molecule has 25 heavy (non-hydrogen) atoms. The summed E-state index contributed by atoms with van der Waals surface area (Å²) < 4.78 is 52.9. The van der Waals surface area contributed by atoms with Crippen LogP contribution in [0.5, 0.6) is 0 Å². The molecule has 0 radical (unpaired) electrons. The number of benzene rings is 2. The summed E-state index contributed by atoms with van der Waals surface area (Å²) >= 11 is 0. The van der Waals surface area contributed by atoms with Gasteiger partial charge in [-0.05, 0) is 43.2 Å². The molecule has 3 rings (SSSR count). The molecular formula is C17H16F2N2O3S. The van der Waals surface area contributed by atoms with Crippen LogP contribution in [0.2, 0.25) is 0 Å². The number of sulfonamides is 1. The maximum Gasteiger partial charge on any atom is 0.255 e. The van der Waals surface area contributed by atoms with Gasteiger partial charge in [-0.25, -0.2) is 17.2 Å². The first-order valence-corrected chi connectivity index (χ1v) is 9.35. The maximum absolute atomic E-state index is 13.7. The van der Waals surface area contributed by atoms with E-state index in [0.29, 0.717) is 18.7 Å². The lowest BCUT2D eigenvalue weighted by molar-refractivity contribution is 0.102. The van der Waals surface area contributed by atoms with Gasteiger partial charge in [-0.15, -0.1) is 0 Å². The van der Waals surface area contributed by atoms with Gasteiger partial charge in [-0.2, -0.15) is 0 Å². The van der Waals surface area contributed by atoms with Crippen LogP contribution in [0.25, 0.3) is 0 Å². The van der Waals surface area contributed by atoms with Gasteiger partial charge in [-0.3, -0.25) is 9.10 Å². The van der Waals surface area contributed by atoms with E-state index in [-0.39, 0.29) is 11.3 Å². The van der Waals surface area contributed by atoms with Crippen LogP contribution in [0.4, 0.5) is 20.2 Å². The Morgan fingerprint density at radius 3 is 2.40 bits per heavy atom. The molecule has 1 aliphatic heterocycles. The minimum atomic E-state index is -3.41. The number of nitrogens with one attached hydrogen (secondary N) is 1. The first-order chi connectivity index (χ1) is 11.9. The predicted molar refractivity (Wildman–Crippen MR) is 91.1 cm³/mol. The van der Waals surface area contributed by atoms with Gasteiger partial charge in [-0.1, -0.05) is 12.1 Å². The normalized spacial score (nSPS) is 16.5. The van der Waals surface area contributed by atoms with Gasteiger partial charge >= 0.3 is 0 Å². The van der Waals surface area contributed by atoms with Crippen molar-refractivity contribution in [3.8, 4) is 0 Å². The zero-order valence-corrected chi connectivity index (χ0v) is 14.0. The molecular weight excluding hydrogens is 350 g/mol. The zero-order valence-electron chi connectivity index (χ0n) is 13.2. The van der Waals surface area contributed by atoms with E-state index < -0.39 is 33.3 Å². The third-order valence-electron chi connectivity index (χ3n) is 3.95. The fourth-order valence-electron chi connectivity index (χ4n) is 2.68. The number of halogens is 2. The number of hydrogen-bond donors (Lipinski definition) is 1. The minimum Gasteiger partial charge on any atom is -0.317 e. The minimum absolute atomic E-state index is 0.0594. The highest BCUT2D eigenvalue weighted by Gasteiger charge is 2.26. The quantitative estimate of drug-likeness (QED) is 0.907. The van der Waals surface area contributed by atoms with E-state index >= 15 is 0 Å². The Hall–Kier alpha value is -2.48. The van der Waals surface area contributed by atoms with E-state index in [9.17, 15) is 22.0 Å². The number of para-hydroxylation sites is 1. The number of carbonyl (C=O) groups is 1. The van der Waals surface area contributed by atoms with Gasteiger partial charge < -0.3 is 5.32 Å². The van der Waals surface area contributed by atoms with Crippen LogP contribution >= 0.6 is 0 Å². The molecule has 0 spiro atoms. The molecule has 1 saturated heterocycles. The summed E-state index contributed by atoms with van der Waals surface area (Å²) in [4.78, 5) is 12.3. The Morgan fingerprint density at radius 1 is 1.04 bits per heavy atom. The smallest absolute Gasteiger partial charge is 0.255 e. The highest BCUT2D eigenvalue weighted by Crippen LogP contribution is 2.25. The lowest BCUT2D eigenvalue weighted by Crippen LogP contribution is -2.37. The summed E-state index contributed by atoms with van der Waals surface area (Å²) in [6.07, 6.45) is 1.33. The number of amides is 1. The fourth-order valence-corrected chi connectivity index (χ4v) is 4.32. The lowest BCUT2D eigenvalue weighted by atomic mass is 10.1. The van der Waals surface area contributed by atoms with E-state index in [4.69, 9.17) is 0 Å². The van der Waals surface area contributed by atoms with E-state index in [0.717, 1.165) is 18.6 Å². The molecule has 1 fully saturated rings. The van der Waals surface area contributed by atoms with Gasteiger partial charge in [0.2, 0.25) is 10.0 Å². The molecule has 1 heterocycles. The van der Waals surface area contributed by atoms with Crippen LogP contribution in [0.1, 0.15) is 23.2 Å². The van der Waals surface area contributed by atoms with Gasteiger partial charge in [0.05, 0.1) is 11.4 Å². The Kier molecular flexibility index (Phi) is 4.71. The number of rotatable bonds is 3. The van der Waals surface area contributed by atoms with Crippen molar-refractivity contribution >= 4 is 27.3 Å². The van der Waals surface area contributed by atoms with Crippen LogP contribution in [-0.4, -0.2) is 26.6 Å². The first kappa shape index (κ1) is 17.3. The summed E-state index contributed by atoms with van der Waals surface area (Å²) in [5.41, 5.74) is -0.0641. The largest absolute Gasteiger partial charge is 0.317 e. The zero-order chi connectivity index (χ0) is 18.0. The van der Waals surface area contributed by atoms with Crippen molar-refractivity contribution in [1.29, 1.82) is 0 Å². The van der Waals surface area contributed by atoms with Crippen LogP contribution in [0, 0.1) is 11.6 Å². The molecule has 132 valence electrons. The molecule has 8 heteroatoms. The van der Waals surface area contributed by atoms with E-state index in [2.05, 4.69) is 5.32 Å². The first-order valence-electron chi connectivity index (χ1n) is 7.74. The van der Waals surface area contributed by atoms with Crippen molar-refractivity contribution in [1.82, 2.24) is 0 Å². The second-order valence-electron chi connectivity index (χ2n) is 5.70. The molecule has 2 aromatic rings. The highest BCUT2D eigenvalue weighted by molar-refractivity contribution is 7.92. The van der Waals surface area contributed by atoms with E-state index in [1.165, 1.54) is 28.6 Å². The number of carbonyl (C=O) groups excluding carboxylic acids is 1. The summed E-state index contributed by atoms with van der Waals surface area (Å²) in [5.74, 6) is -2.43. The van der Waals surface area contributed by atoms with Crippen molar-refractivity contribution in [3.63, 3.8) is 0 Å². The molecule has 2 aromatic carbocycles. The monoisotopic (exact) mass is 366 g/mol. The van der Waals surface area contributed by atoms with Crippen LogP contribution in [-0.2, 0) is 10.0 Å². The van der Waals surface area contributed by atoms with E-state index in [1.807, 2.05) is 0 Å². The Labute approximate surface area is 144 Å². The molecule has 0 aromatic heterocycles. The topological polar surface area (TPSA) is 66.5 Å². The molecule has 0 bridgehead atoms. The van der Waals surface area contributed by atoms with Crippen LogP contribution in [0.3, 0.4) is 0 Å². The number of hydrogen-bond acceptors (Lipinski definition) is 3. The summed E-state index contributed by atoms with van der Waals surface area (Å²) in [6.45, 7) is 0.343. The van der Waals surface area contributed by atoms with Gasteiger partial charge in [0.25, 0.3) is 5.91 Å². The second kappa shape index (κ2) is 6.79. The van der Waals surface area contributed by atoms with Crippen LogP contribution < -0.4 is 9.62 Å². The Balaban J connectivity index is 1.87. The second-order valence-corrected chi connectivity index (χ2v) is 7.71. The molecule has 0 saturated carbocycles. The van der Waals surface area contributed by atoms with Crippen molar-refractivity contribution in [2.45, 2.75) is 12.8 Å². The number of anilines is 2. The third kappa shape index (κ3) is 3.63. The fraction of sp³-hybridized carbons (Fsp3) is 0.235. The summed E-state index contributed by atoms with van der Waals surface area (Å²) in [5, 5.41) is 2.19. The molecule has 1 amide bonds. The predicted octanol–water partition coefficient (Wildman–Crippen LogP) is 3.15. The third-order valence-corrected chi connectivity index (χ3v) is 5.82. The SMILES string of the molecule is O=C(Nc1c(F)cccc1F)c1cccc(N2CCCCS2(=O)=O)c1. The molecule has 1 aliphatic rings. The molecule has 0 unspecified atom stereocenters. The van der Waals surface area contributed by atoms with Crippen molar-refractivity contribution in [2.24, 2.45) is 0 Å². The standard InChI is InChI=1S/C17H16F2N2O3S/c18-14-7-4-8-15(19)16(14)20-17(22)12-5-3-6-13(11-12)21-9-1-2-10-25(21,23)24/h3-8,11H,1-2,9-10H2,(H,20,22). The Bertz CT molecular complexity index is 896. The van der Waals surface area contributed by atoms with Gasteiger partial charge in [0.15, 0.2) is 0 Å². The molecule has 1 N–H and O–H groups in total. The van der Waals surface area contributed by atoms with Gasteiger partial charge in [0.1, 0.15) is 17.3 Å². The lowest BCUT2D eigenvalue weighted by Gasteiger charge is -2.28. The van der Waals surface area contributed by atoms with Crippen molar-refractivity contribution in [3.05, 3.63) is 59.7 Å². The molecule has 0 aliphatic carbocycles. The van der Waals surface area contributed by atoms with Crippen molar-refractivity contribution < 1.29 is 22.0 Å². The average Bonchev–Trinajstić information content (AvgIpc) is 2.58. The number of nitrogens with zero attached hydrogens (tertiary/aromatic N) is 1. The summed E-state index contributed by atoms with van der Waals surface area (Å²) in [7, 11) is -3.41. The summed E-state index contributed by atoms with van der Waals surface area (Å²) in [6, 6.07) is 9.24. The highest BCUT2D eigenvalue weighted by atomic mass is 32.2. The Morgan fingerprint density at radius 2 is 1.72 bits per heavy atom.